The molecule has 1 heterocycles. The molecule has 1 fully saturated rings. The van der Waals surface area contributed by atoms with Crippen LogP contribution < -0.4 is 11.1 Å². The van der Waals surface area contributed by atoms with Crippen molar-refractivity contribution in [1.29, 1.82) is 0 Å². The molecule has 1 aliphatic rings. The van der Waals surface area contributed by atoms with Crippen LogP contribution in [0.15, 0.2) is 0 Å². The van der Waals surface area contributed by atoms with E-state index >= 15 is 0 Å². The predicted octanol–water partition coefficient (Wildman–Crippen LogP) is 2.33. The molecule has 0 spiro atoms. The fraction of sp³-hybridized carbons (Fsp3) is 0.913. The second kappa shape index (κ2) is 14.7. The summed E-state index contributed by atoms with van der Waals surface area (Å²) in [6, 6.07) is -0.443. The number of rotatable bonds is 13. The summed E-state index contributed by atoms with van der Waals surface area (Å²) in [6.07, 6.45) is 2.99. The Labute approximate surface area is 194 Å². The van der Waals surface area contributed by atoms with Gasteiger partial charge < -0.3 is 35.1 Å². The minimum Gasteiger partial charge on any atom is -0.444 e. The largest absolute Gasteiger partial charge is 0.444 e. The van der Waals surface area contributed by atoms with Gasteiger partial charge in [0.15, 0.2) is 6.29 Å². The monoisotopic (exact) mass is 458 g/mol. The first-order valence-electron chi connectivity index (χ1n) is 12.0. The van der Waals surface area contributed by atoms with Gasteiger partial charge in [0.1, 0.15) is 5.60 Å². The Morgan fingerprint density at radius 2 is 1.72 bits per heavy atom. The van der Waals surface area contributed by atoms with E-state index in [0.29, 0.717) is 32.7 Å². The summed E-state index contributed by atoms with van der Waals surface area (Å²) in [6.45, 7) is 13.2. The fourth-order valence-corrected chi connectivity index (χ4v) is 3.74. The third-order valence-electron chi connectivity index (χ3n) is 5.39. The molecule has 9 nitrogen and oxygen atoms in total. The van der Waals surface area contributed by atoms with Gasteiger partial charge in [-0.2, -0.15) is 0 Å². The number of amides is 2. The number of ether oxygens (including phenoxy) is 3. The highest BCUT2D eigenvalue weighted by molar-refractivity contribution is 5.82. The number of alkyl carbamates (subject to hydrolysis) is 1. The molecule has 0 aromatic carbocycles. The minimum absolute atomic E-state index is 0.0518. The highest BCUT2D eigenvalue weighted by Crippen LogP contribution is 2.19. The molecule has 1 saturated heterocycles. The second-order valence-corrected chi connectivity index (χ2v) is 9.40. The molecular formula is C23H46N4O5. The van der Waals surface area contributed by atoms with E-state index in [0.717, 1.165) is 38.8 Å². The quantitative estimate of drug-likeness (QED) is 0.322. The summed E-state index contributed by atoms with van der Waals surface area (Å²) in [7, 11) is 2.10. The van der Waals surface area contributed by atoms with Crippen LogP contribution >= 0.6 is 0 Å². The van der Waals surface area contributed by atoms with E-state index in [4.69, 9.17) is 19.9 Å². The van der Waals surface area contributed by atoms with E-state index in [2.05, 4.69) is 17.3 Å². The SMILES string of the molecule is CCOC(CN(C(=O)[C@@H](N)CCCCNC(=O)OC(C)(C)C)C1CCN(C)CC1)OCC. The molecule has 1 aliphatic heterocycles. The molecule has 1 atom stereocenters. The zero-order valence-electron chi connectivity index (χ0n) is 21.0. The van der Waals surface area contributed by atoms with Gasteiger partial charge in [0.25, 0.3) is 0 Å². The Kier molecular flexibility index (Phi) is 13.1. The van der Waals surface area contributed by atoms with Crippen molar-refractivity contribution in [2.75, 3.05) is 46.4 Å². The molecule has 0 saturated carbocycles. The van der Waals surface area contributed by atoms with Crippen LogP contribution in [0.2, 0.25) is 0 Å². The number of carbonyl (C=O) groups is 2. The van der Waals surface area contributed by atoms with Crippen LogP contribution in [0.25, 0.3) is 0 Å². The molecular weight excluding hydrogens is 412 g/mol. The molecule has 0 aromatic heterocycles. The first kappa shape index (κ1) is 28.6. The van der Waals surface area contributed by atoms with Gasteiger partial charge >= 0.3 is 6.09 Å². The molecule has 0 unspecified atom stereocenters. The molecule has 188 valence electrons. The number of nitrogens with zero attached hydrogens (tertiary/aromatic N) is 2. The smallest absolute Gasteiger partial charge is 0.407 e. The normalized spacial score (nSPS) is 16.8. The summed E-state index contributed by atoms with van der Waals surface area (Å²) in [5.41, 5.74) is 5.79. The fourth-order valence-electron chi connectivity index (χ4n) is 3.74. The Bertz CT molecular complexity index is 541. The lowest BCUT2D eigenvalue weighted by Gasteiger charge is -2.39. The van der Waals surface area contributed by atoms with E-state index in [-0.39, 0.29) is 11.9 Å². The Morgan fingerprint density at radius 1 is 1.12 bits per heavy atom. The number of unbranched alkanes of at least 4 members (excludes halogenated alkanes) is 1. The van der Waals surface area contributed by atoms with Gasteiger partial charge in [-0.15, -0.1) is 0 Å². The van der Waals surface area contributed by atoms with Gasteiger partial charge in [0.05, 0.1) is 12.6 Å². The number of nitrogens with one attached hydrogen (secondary N) is 1. The van der Waals surface area contributed by atoms with Crippen LogP contribution in [0.1, 0.15) is 66.7 Å². The Balaban J connectivity index is 2.58. The van der Waals surface area contributed by atoms with Crippen molar-refractivity contribution in [3.63, 3.8) is 0 Å². The molecule has 0 aliphatic carbocycles. The summed E-state index contributed by atoms with van der Waals surface area (Å²) < 4.78 is 16.6. The standard InChI is InChI=1S/C23H46N4O5/c1-7-30-20(31-8-2)17-27(18-12-15-26(6)16-13-18)21(28)19(24)11-9-10-14-25-22(29)32-23(3,4)5/h18-20H,7-17,24H2,1-6H3,(H,25,29)/t19-/m0/s1. The van der Waals surface area contributed by atoms with Crippen LogP contribution in [0, 0.1) is 0 Å². The van der Waals surface area contributed by atoms with Gasteiger partial charge in [-0.1, -0.05) is 0 Å². The maximum absolute atomic E-state index is 13.3. The van der Waals surface area contributed by atoms with Gasteiger partial charge in [-0.05, 0) is 86.9 Å². The van der Waals surface area contributed by atoms with E-state index < -0.39 is 24.0 Å². The zero-order chi connectivity index (χ0) is 24.1. The Morgan fingerprint density at radius 3 is 2.25 bits per heavy atom. The predicted molar refractivity (Wildman–Crippen MR) is 125 cm³/mol. The highest BCUT2D eigenvalue weighted by Gasteiger charge is 2.32. The topological polar surface area (TPSA) is 106 Å². The van der Waals surface area contributed by atoms with Crippen molar-refractivity contribution in [3.8, 4) is 0 Å². The van der Waals surface area contributed by atoms with Crippen molar-refractivity contribution in [2.24, 2.45) is 5.73 Å². The number of hydrogen-bond acceptors (Lipinski definition) is 7. The lowest BCUT2D eigenvalue weighted by atomic mass is 10.0. The van der Waals surface area contributed by atoms with Crippen molar-refractivity contribution < 1.29 is 23.8 Å². The average molecular weight is 459 g/mol. The lowest BCUT2D eigenvalue weighted by molar-refractivity contribution is -0.164. The van der Waals surface area contributed by atoms with E-state index in [1.54, 1.807) is 0 Å². The molecule has 32 heavy (non-hydrogen) atoms. The summed E-state index contributed by atoms with van der Waals surface area (Å²) >= 11 is 0. The number of carbonyl (C=O) groups excluding carboxylic acids is 2. The number of piperidine rings is 1. The zero-order valence-corrected chi connectivity index (χ0v) is 21.0. The third-order valence-corrected chi connectivity index (χ3v) is 5.39. The average Bonchev–Trinajstić information content (AvgIpc) is 2.71. The van der Waals surface area contributed by atoms with Gasteiger partial charge in [-0.25, -0.2) is 4.79 Å². The molecule has 2 amide bonds. The maximum atomic E-state index is 13.3. The van der Waals surface area contributed by atoms with Crippen LogP contribution in [0.5, 0.6) is 0 Å². The first-order valence-corrected chi connectivity index (χ1v) is 12.0. The second-order valence-electron chi connectivity index (χ2n) is 9.40. The molecule has 0 radical (unpaired) electrons. The summed E-state index contributed by atoms with van der Waals surface area (Å²) in [4.78, 5) is 29.2. The number of likely N-dealkylation sites (tertiary alicyclic amines) is 1. The molecule has 1 rings (SSSR count). The van der Waals surface area contributed by atoms with E-state index in [1.165, 1.54) is 0 Å². The summed E-state index contributed by atoms with van der Waals surface area (Å²) in [5.74, 6) is -0.0518. The Hall–Kier alpha value is -1.42. The van der Waals surface area contributed by atoms with Crippen molar-refractivity contribution in [2.45, 2.75) is 90.7 Å². The maximum Gasteiger partial charge on any atom is 0.407 e. The number of hydrogen-bond donors (Lipinski definition) is 2. The first-order chi connectivity index (χ1) is 15.1. The minimum atomic E-state index is -0.583. The van der Waals surface area contributed by atoms with Crippen molar-refractivity contribution in [3.05, 3.63) is 0 Å². The van der Waals surface area contributed by atoms with Crippen LogP contribution in [0.4, 0.5) is 4.79 Å². The van der Waals surface area contributed by atoms with Crippen molar-refractivity contribution in [1.82, 2.24) is 15.1 Å². The molecule has 0 bridgehead atoms. The molecule has 3 N–H and O–H groups in total. The van der Waals surface area contributed by atoms with Gasteiger partial charge in [0.2, 0.25) is 5.91 Å². The van der Waals surface area contributed by atoms with Crippen LogP contribution in [-0.2, 0) is 19.0 Å². The molecule has 9 heteroatoms. The lowest BCUT2D eigenvalue weighted by Crippen LogP contribution is -2.54. The van der Waals surface area contributed by atoms with Gasteiger partial charge in [0, 0.05) is 25.8 Å². The van der Waals surface area contributed by atoms with Crippen LogP contribution in [-0.4, -0.2) is 92.2 Å². The summed E-state index contributed by atoms with van der Waals surface area (Å²) in [5, 5.41) is 2.74. The van der Waals surface area contributed by atoms with E-state index in [1.807, 2.05) is 39.5 Å². The van der Waals surface area contributed by atoms with Gasteiger partial charge in [-0.3, -0.25) is 4.79 Å². The molecule has 0 aromatic rings. The highest BCUT2D eigenvalue weighted by atomic mass is 16.7. The van der Waals surface area contributed by atoms with Crippen molar-refractivity contribution >= 4 is 12.0 Å². The van der Waals surface area contributed by atoms with E-state index in [9.17, 15) is 9.59 Å². The third kappa shape index (κ3) is 11.4. The van der Waals surface area contributed by atoms with Crippen LogP contribution in [0.3, 0.4) is 0 Å². The number of nitrogens with two attached hydrogens (primary N) is 1.